The molecule has 0 unspecified atom stereocenters. The van der Waals surface area contributed by atoms with E-state index in [1.807, 2.05) is 42.7 Å². The molecule has 0 bridgehead atoms. The fourth-order valence-electron chi connectivity index (χ4n) is 1.79. The molecule has 106 valence electrons. The van der Waals surface area contributed by atoms with E-state index in [1.165, 1.54) is 0 Å². The molecule has 0 spiro atoms. The van der Waals surface area contributed by atoms with E-state index in [2.05, 4.69) is 34.1 Å². The molecular formula is C15H21N5. The summed E-state index contributed by atoms with van der Waals surface area (Å²) in [5.74, 6) is 0.724. The highest BCUT2D eigenvalue weighted by molar-refractivity contribution is 5.30. The minimum Gasteiger partial charge on any atom is -0.340 e. The number of nitrogens with zero attached hydrogens (tertiary/aromatic N) is 4. The molecule has 0 saturated carbocycles. The lowest BCUT2D eigenvalue weighted by Crippen LogP contribution is -2.23. The van der Waals surface area contributed by atoms with Gasteiger partial charge < -0.3 is 10.2 Å². The van der Waals surface area contributed by atoms with Crippen LogP contribution in [0.1, 0.15) is 25.0 Å². The molecule has 0 aromatic carbocycles. The second kappa shape index (κ2) is 6.96. The molecule has 5 nitrogen and oxygen atoms in total. The van der Waals surface area contributed by atoms with Crippen LogP contribution in [0.3, 0.4) is 0 Å². The van der Waals surface area contributed by atoms with Gasteiger partial charge in [-0.05, 0) is 11.6 Å². The third-order valence-corrected chi connectivity index (χ3v) is 2.89. The van der Waals surface area contributed by atoms with Gasteiger partial charge in [0.25, 0.3) is 0 Å². The molecule has 0 amide bonds. The van der Waals surface area contributed by atoms with Gasteiger partial charge in [-0.25, -0.2) is 9.97 Å². The highest BCUT2D eigenvalue weighted by Crippen LogP contribution is 2.09. The first-order valence-electron chi connectivity index (χ1n) is 6.79. The normalized spacial score (nSPS) is 10.8. The van der Waals surface area contributed by atoms with Crippen molar-refractivity contribution in [3.8, 4) is 0 Å². The predicted molar refractivity (Wildman–Crippen MR) is 80.4 cm³/mol. The second-order valence-corrected chi connectivity index (χ2v) is 5.14. The molecule has 0 atom stereocenters. The summed E-state index contributed by atoms with van der Waals surface area (Å²) in [6.45, 7) is 5.79. The largest absolute Gasteiger partial charge is 0.340 e. The maximum atomic E-state index is 4.41. The average molecular weight is 271 g/mol. The van der Waals surface area contributed by atoms with Crippen LogP contribution in [0, 0.1) is 0 Å². The SMILES string of the molecule is CC(C)NCc1cnc(N(C)Cc2cccnc2)nc1. The molecule has 20 heavy (non-hydrogen) atoms. The standard InChI is InChI=1S/C15H21N5/c1-12(2)17-8-14-9-18-15(19-10-14)20(3)11-13-5-4-6-16-7-13/h4-7,9-10,12,17H,8,11H2,1-3H3. The summed E-state index contributed by atoms with van der Waals surface area (Å²) < 4.78 is 0. The van der Waals surface area contributed by atoms with Crippen LogP contribution in [0.4, 0.5) is 5.95 Å². The summed E-state index contributed by atoms with van der Waals surface area (Å²) in [5.41, 5.74) is 2.24. The van der Waals surface area contributed by atoms with Gasteiger partial charge in [-0.2, -0.15) is 0 Å². The Labute approximate surface area is 120 Å². The van der Waals surface area contributed by atoms with E-state index in [4.69, 9.17) is 0 Å². The number of pyridine rings is 1. The van der Waals surface area contributed by atoms with Crippen molar-refractivity contribution >= 4 is 5.95 Å². The minimum absolute atomic E-state index is 0.461. The van der Waals surface area contributed by atoms with Gasteiger partial charge in [0.05, 0.1) is 0 Å². The van der Waals surface area contributed by atoms with Crippen molar-refractivity contribution in [1.29, 1.82) is 0 Å². The molecule has 0 radical (unpaired) electrons. The molecule has 0 saturated heterocycles. The Hall–Kier alpha value is -2.01. The number of anilines is 1. The number of nitrogens with one attached hydrogen (secondary N) is 1. The highest BCUT2D eigenvalue weighted by atomic mass is 15.2. The monoisotopic (exact) mass is 271 g/mol. The quantitative estimate of drug-likeness (QED) is 0.871. The van der Waals surface area contributed by atoms with E-state index in [1.54, 1.807) is 6.20 Å². The van der Waals surface area contributed by atoms with Crippen LogP contribution in [-0.2, 0) is 13.1 Å². The molecule has 5 heteroatoms. The van der Waals surface area contributed by atoms with E-state index < -0.39 is 0 Å². The van der Waals surface area contributed by atoms with Crippen LogP contribution in [0.25, 0.3) is 0 Å². The van der Waals surface area contributed by atoms with Crippen LogP contribution in [0.5, 0.6) is 0 Å². The van der Waals surface area contributed by atoms with E-state index in [9.17, 15) is 0 Å². The highest BCUT2D eigenvalue weighted by Gasteiger charge is 2.05. The van der Waals surface area contributed by atoms with Gasteiger partial charge in [0, 0.05) is 56.5 Å². The summed E-state index contributed by atoms with van der Waals surface area (Å²) >= 11 is 0. The van der Waals surface area contributed by atoms with Crippen LogP contribution >= 0.6 is 0 Å². The van der Waals surface area contributed by atoms with Crippen molar-refractivity contribution in [1.82, 2.24) is 20.3 Å². The van der Waals surface area contributed by atoms with Crippen LogP contribution in [0.2, 0.25) is 0 Å². The Morgan fingerprint density at radius 2 is 1.90 bits per heavy atom. The fraction of sp³-hybridized carbons (Fsp3) is 0.400. The maximum Gasteiger partial charge on any atom is 0.225 e. The molecule has 0 aliphatic heterocycles. The van der Waals surface area contributed by atoms with Crippen molar-refractivity contribution in [3.05, 3.63) is 48.0 Å². The van der Waals surface area contributed by atoms with Crippen LogP contribution < -0.4 is 10.2 Å². The molecule has 2 aromatic heterocycles. The fourth-order valence-corrected chi connectivity index (χ4v) is 1.79. The lowest BCUT2D eigenvalue weighted by Gasteiger charge is -2.17. The van der Waals surface area contributed by atoms with Gasteiger partial charge >= 0.3 is 0 Å². The Morgan fingerprint density at radius 3 is 2.50 bits per heavy atom. The predicted octanol–water partition coefficient (Wildman–Crippen LogP) is 2.01. The summed E-state index contributed by atoms with van der Waals surface area (Å²) in [6, 6.07) is 4.44. The van der Waals surface area contributed by atoms with E-state index in [-0.39, 0.29) is 0 Å². The molecule has 2 rings (SSSR count). The second-order valence-electron chi connectivity index (χ2n) is 5.14. The lowest BCUT2D eigenvalue weighted by atomic mass is 10.3. The third kappa shape index (κ3) is 4.28. The minimum atomic E-state index is 0.461. The molecule has 0 aliphatic rings. The zero-order chi connectivity index (χ0) is 14.4. The van der Waals surface area contributed by atoms with E-state index in [0.29, 0.717) is 6.04 Å². The molecule has 0 fully saturated rings. The van der Waals surface area contributed by atoms with Crippen LogP contribution in [0.15, 0.2) is 36.9 Å². The molecule has 2 heterocycles. The van der Waals surface area contributed by atoms with Crippen LogP contribution in [-0.4, -0.2) is 28.0 Å². The first-order chi connectivity index (χ1) is 9.65. The summed E-state index contributed by atoms with van der Waals surface area (Å²) in [4.78, 5) is 14.9. The summed E-state index contributed by atoms with van der Waals surface area (Å²) in [7, 11) is 1.98. The number of rotatable bonds is 6. The van der Waals surface area contributed by atoms with Gasteiger partial charge in [-0.1, -0.05) is 19.9 Å². The third-order valence-electron chi connectivity index (χ3n) is 2.89. The van der Waals surface area contributed by atoms with E-state index in [0.717, 1.165) is 30.2 Å². The Balaban J connectivity index is 1.95. The summed E-state index contributed by atoms with van der Waals surface area (Å²) in [5, 5.41) is 3.35. The first-order valence-corrected chi connectivity index (χ1v) is 6.79. The number of aromatic nitrogens is 3. The summed E-state index contributed by atoms with van der Waals surface area (Å²) in [6.07, 6.45) is 7.38. The van der Waals surface area contributed by atoms with E-state index >= 15 is 0 Å². The lowest BCUT2D eigenvalue weighted by molar-refractivity contribution is 0.586. The first kappa shape index (κ1) is 14.4. The van der Waals surface area contributed by atoms with Crippen molar-refractivity contribution < 1.29 is 0 Å². The van der Waals surface area contributed by atoms with Gasteiger partial charge in [0.2, 0.25) is 5.95 Å². The van der Waals surface area contributed by atoms with Crippen molar-refractivity contribution in [2.45, 2.75) is 33.0 Å². The van der Waals surface area contributed by atoms with Crippen molar-refractivity contribution in [3.63, 3.8) is 0 Å². The number of hydrogen-bond acceptors (Lipinski definition) is 5. The number of hydrogen-bond donors (Lipinski definition) is 1. The van der Waals surface area contributed by atoms with Gasteiger partial charge in [-0.15, -0.1) is 0 Å². The maximum absolute atomic E-state index is 4.41. The molecule has 2 aromatic rings. The molecule has 1 N–H and O–H groups in total. The zero-order valence-corrected chi connectivity index (χ0v) is 12.2. The van der Waals surface area contributed by atoms with Crippen molar-refractivity contribution in [2.75, 3.05) is 11.9 Å². The van der Waals surface area contributed by atoms with Gasteiger partial charge in [0.15, 0.2) is 0 Å². The smallest absolute Gasteiger partial charge is 0.225 e. The van der Waals surface area contributed by atoms with Crippen molar-refractivity contribution in [2.24, 2.45) is 0 Å². The molecular weight excluding hydrogens is 250 g/mol. The van der Waals surface area contributed by atoms with Gasteiger partial charge in [0.1, 0.15) is 0 Å². The Morgan fingerprint density at radius 1 is 1.15 bits per heavy atom. The zero-order valence-electron chi connectivity index (χ0n) is 12.2. The Kier molecular flexibility index (Phi) is 5.01. The van der Waals surface area contributed by atoms with Gasteiger partial charge in [-0.3, -0.25) is 4.98 Å². The Bertz CT molecular complexity index is 510. The topological polar surface area (TPSA) is 53.9 Å². The molecule has 0 aliphatic carbocycles. The average Bonchev–Trinajstić information content (AvgIpc) is 2.46.